The molecule has 0 spiro atoms. The lowest BCUT2D eigenvalue weighted by Crippen LogP contribution is -2.61. The van der Waals surface area contributed by atoms with E-state index in [0.29, 0.717) is 16.9 Å². The topological polar surface area (TPSA) is 101 Å². The maximum Gasteiger partial charge on any atom is 0.334 e. The van der Waals surface area contributed by atoms with Crippen LogP contribution in [-0.4, -0.2) is 36.2 Å². The van der Waals surface area contributed by atoms with Gasteiger partial charge < -0.3 is 4.74 Å². The van der Waals surface area contributed by atoms with E-state index in [0.717, 1.165) is 9.80 Å². The van der Waals surface area contributed by atoms with Gasteiger partial charge in [0.25, 0.3) is 0 Å². The highest BCUT2D eigenvalue weighted by molar-refractivity contribution is 6.27. The Bertz CT molecular complexity index is 1310. The van der Waals surface area contributed by atoms with Crippen molar-refractivity contribution in [3.05, 3.63) is 71.8 Å². The number of carbonyl (C=O) groups excluding carboxylic acids is 5. The highest BCUT2D eigenvalue weighted by atomic mass is 16.5. The van der Waals surface area contributed by atoms with Crippen molar-refractivity contribution in [3.63, 3.8) is 0 Å². The number of rotatable bonds is 4. The Morgan fingerprint density at radius 1 is 0.757 bits per heavy atom. The maximum absolute atomic E-state index is 14.0. The van der Waals surface area contributed by atoms with E-state index in [4.69, 9.17) is 4.74 Å². The van der Waals surface area contributed by atoms with E-state index in [2.05, 4.69) is 0 Å². The van der Waals surface area contributed by atoms with Crippen molar-refractivity contribution >= 4 is 41.0 Å². The van der Waals surface area contributed by atoms with Gasteiger partial charge in [0.1, 0.15) is 0 Å². The number of amides is 4. The predicted molar refractivity (Wildman–Crippen MR) is 133 cm³/mol. The van der Waals surface area contributed by atoms with Crippen LogP contribution in [0.5, 0.6) is 0 Å². The lowest BCUT2D eigenvalue weighted by molar-refractivity contribution is -0.155. The third-order valence-electron chi connectivity index (χ3n) is 8.71. The van der Waals surface area contributed by atoms with Crippen molar-refractivity contribution in [2.24, 2.45) is 35.0 Å². The first-order chi connectivity index (χ1) is 17.7. The molecule has 3 fully saturated rings. The van der Waals surface area contributed by atoms with Crippen molar-refractivity contribution < 1.29 is 28.7 Å². The van der Waals surface area contributed by atoms with Crippen LogP contribution in [0.15, 0.2) is 71.8 Å². The Balaban J connectivity index is 1.56. The van der Waals surface area contributed by atoms with Crippen LogP contribution in [0.1, 0.15) is 20.8 Å². The highest BCUT2D eigenvalue weighted by Gasteiger charge is 2.77. The summed E-state index contributed by atoms with van der Waals surface area (Å²) in [5.41, 5.74) is 0.259. The van der Waals surface area contributed by atoms with E-state index in [9.17, 15) is 24.0 Å². The highest BCUT2D eigenvalue weighted by Crippen LogP contribution is 2.68. The second-order valence-electron chi connectivity index (χ2n) is 10.3. The smallest absolute Gasteiger partial charge is 0.334 e. The molecule has 8 nitrogen and oxygen atoms in total. The molecule has 2 aliphatic heterocycles. The van der Waals surface area contributed by atoms with Crippen molar-refractivity contribution in [3.8, 4) is 0 Å². The van der Waals surface area contributed by atoms with Gasteiger partial charge >= 0.3 is 5.97 Å². The van der Waals surface area contributed by atoms with E-state index >= 15 is 0 Å². The summed E-state index contributed by atoms with van der Waals surface area (Å²) in [6, 6.07) is 17.2. The van der Waals surface area contributed by atoms with Crippen LogP contribution < -0.4 is 9.80 Å². The molecular formula is C29H26N2O6. The fraction of sp³-hybridized carbons (Fsp3) is 0.345. The second-order valence-corrected chi connectivity index (χ2v) is 10.3. The van der Waals surface area contributed by atoms with Crippen molar-refractivity contribution in [2.75, 3.05) is 16.4 Å². The molecule has 7 rings (SSSR count). The molecule has 188 valence electrons. The van der Waals surface area contributed by atoms with Gasteiger partial charge in [0.05, 0.1) is 41.7 Å². The molecule has 6 atom stereocenters. The van der Waals surface area contributed by atoms with E-state index in [-0.39, 0.29) is 12.2 Å². The zero-order chi connectivity index (χ0) is 26.2. The Morgan fingerprint density at radius 3 is 1.59 bits per heavy atom. The summed E-state index contributed by atoms with van der Waals surface area (Å²) in [5.74, 6) is -6.76. The van der Waals surface area contributed by atoms with Gasteiger partial charge in [0, 0.05) is 16.9 Å². The Kier molecular flexibility index (Phi) is 5.02. The Labute approximate surface area is 213 Å². The summed E-state index contributed by atoms with van der Waals surface area (Å²) in [4.78, 5) is 71.6. The number of para-hydroxylation sites is 2. The summed E-state index contributed by atoms with van der Waals surface area (Å²) in [7, 11) is 0. The van der Waals surface area contributed by atoms with E-state index < -0.39 is 64.6 Å². The summed E-state index contributed by atoms with van der Waals surface area (Å²) in [5, 5.41) is 0. The molecule has 0 N–H and O–H groups in total. The van der Waals surface area contributed by atoms with Gasteiger partial charge in [-0.3, -0.25) is 29.0 Å². The van der Waals surface area contributed by atoms with E-state index in [1.807, 2.05) is 0 Å². The van der Waals surface area contributed by atoms with Gasteiger partial charge in [-0.05, 0) is 38.1 Å². The molecule has 2 aromatic carbocycles. The molecule has 37 heavy (non-hydrogen) atoms. The zero-order valence-electron chi connectivity index (χ0n) is 20.7. The average molecular weight is 499 g/mol. The normalized spacial score (nSPS) is 32.2. The number of nitrogens with zero attached hydrogens (tertiary/aromatic N) is 2. The Morgan fingerprint density at radius 2 is 1.19 bits per heavy atom. The van der Waals surface area contributed by atoms with Crippen LogP contribution in [0.2, 0.25) is 0 Å². The maximum atomic E-state index is 14.0. The number of esters is 1. The summed E-state index contributed by atoms with van der Waals surface area (Å²) < 4.78 is 5.40. The lowest BCUT2D eigenvalue weighted by Gasteiger charge is -2.55. The van der Waals surface area contributed by atoms with Crippen LogP contribution in [-0.2, 0) is 28.7 Å². The molecule has 2 saturated heterocycles. The van der Waals surface area contributed by atoms with Crippen molar-refractivity contribution in [1.29, 1.82) is 0 Å². The standard InChI is InChI=1S/C29H26N2O6/c1-4-37-28(36)21-15(2)18-19-22(26(34)30(24(19)32)16-11-7-5-8-12-16)29(21,3)23-20(18)25(33)31(27(23)35)17-13-9-6-10-14-17/h5-14,18-20,22-23H,4H2,1-3H3/t18?,19-,20+,22-,23+,29?. The van der Waals surface area contributed by atoms with Gasteiger partial charge in [-0.15, -0.1) is 0 Å². The monoisotopic (exact) mass is 498 g/mol. The number of allylic oxidation sites excluding steroid dienone is 1. The molecule has 0 aromatic heterocycles. The summed E-state index contributed by atoms with van der Waals surface area (Å²) in [6.07, 6.45) is 0. The van der Waals surface area contributed by atoms with Gasteiger partial charge in [0.15, 0.2) is 0 Å². The SMILES string of the molecule is CCOC(=O)C1=C(C)C2[C@H]3C(=O)N(c4ccccc4)C(=O)[C@@H]3C1(C)[C@@H]1C(=O)N(c3ccccc3)C(=O)[C@@H]21. The van der Waals surface area contributed by atoms with Crippen LogP contribution in [0.3, 0.4) is 0 Å². The van der Waals surface area contributed by atoms with Gasteiger partial charge in [-0.25, -0.2) is 4.79 Å². The number of hydrogen-bond acceptors (Lipinski definition) is 6. The minimum atomic E-state index is -1.40. The van der Waals surface area contributed by atoms with Gasteiger partial charge in [-0.2, -0.15) is 0 Å². The van der Waals surface area contributed by atoms with Gasteiger partial charge in [0.2, 0.25) is 23.6 Å². The zero-order valence-corrected chi connectivity index (χ0v) is 20.7. The first kappa shape index (κ1) is 23.3. The molecule has 4 amide bonds. The molecule has 3 aliphatic carbocycles. The quantitative estimate of drug-likeness (QED) is 0.474. The molecular weight excluding hydrogens is 472 g/mol. The number of hydrogen-bond donors (Lipinski definition) is 0. The molecule has 2 aromatic rings. The van der Waals surface area contributed by atoms with Crippen LogP contribution in [0.25, 0.3) is 0 Å². The van der Waals surface area contributed by atoms with E-state index in [1.165, 1.54) is 0 Å². The first-order valence-electron chi connectivity index (χ1n) is 12.5. The first-order valence-corrected chi connectivity index (χ1v) is 12.5. The van der Waals surface area contributed by atoms with Crippen LogP contribution in [0, 0.1) is 35.0 Å². The largest absolute Gasteiger partial charge is 0.463 e. The molecule has 1 saturated carbocycles. The average Bonchev–Trinajstić information content (AvgIpc) is 3.31. The van der Waals surface area contributed by atoms with E-state index in [1.54, 1.807) is 81.4 Å². The van der Waals surface area contributed by atoms with Gasteiger partial charge in [-0.1, -0.05) is 48.9 Å². The molecule has 5 aliphatic rings. The molecule has 2 unspecified atom stereocenters. The van der Waals surface area contributed by atoms with Crippen molar-refractivity contribution in [1.82, 2.24) is 0 Å². The van der Waals surface area contributed by atoms with Crippen LogP contribution in [0.4, 0.5) is 11.4 Å². The molecule has 8 heteroatoms. The second kappa shape index (κ2) is 7.96. The molecule has 0 radical (unpaired) electrons. The fourth-order valence-corrected chi connectivity index (χ4v) is 7.47. The number of benzene rings is 2. The molecule has 2 bridgehead atoms. The summed E-state index contributed by atoms with van der Waals surface area (Å²) >= 11 is 0. The van der Waals surface area contributed by atoms with Crippen LogP contribution >= 0.6 is 0 Å². The lowest BCUT2D eigenvalue weighted by atomic mass is 9.43. The third kappa shape index (κ3) is 2.81. The molecule has 2 heterocycles. The minimum absolute atomic E-state index is 0.116. The van der Waals surface area contributed by atoms with Crippen molar-refractivity contribution in [2.45, 2.75) is 20.8 Å². The third-order valence-corrected chi connectivity index (χ3v) is 8.71. The summed E-state index contributed by atoms with van der Waals surface area (Å²) in [6.45, 7) is 5.22. The Hall–Kier alpha value is -4.07. The number of carbonyl (C=O) groups is 5. The minimum Gasteiger partial charge on any atom is -0.463 e. The number of ether oxygens (including phenoxy) is 1. The predicted octanol–water partition coefficient (Wildman–Crippen LogP) is 3.13. The number of imide groups is 2. The fourth-order valence-electron chi connectivity index (χ4n) is 7.47. The number of anilines is 2.